The fraction of sp³-hybridized carbons (Fsp3) is 0.212. The van der Waals surface area contributed by atoms with Crippen molar-refractivity contribution in [2.45, 2.75) is 25.7 Å². The van der Waals surface area contributed by atoms with Crippen LogP contribution in [0.3, 0.4) is 0 Å². The van der Waals surface area contributed by atoms with Crippen LogP contribution in [0.1, 0.15) is 28.7 Å². The van der Waals surface area contributed by atoms with Gasteiger partial charge in [0.05, 0.1) is 19.3 Å². The monoisotopic (exact) mass is 532 g/mol. The van der Waals surface area contributed by atoms with E-state index in [9.17, 15) is 0 Å². The van der Waals surface area contributed by atoms with E-state index >= 15 is 0 Å². The first-order valence-corrected chi connectivity index (χ1v) is 12.3. The summed E-state index contributed by atoms with van der Waals surface area (Å²) in [6.07, 6.45) is 21.0. The fourth-order valence-electron chi connectivity index (χ4n) is 3.84. The number of rotatable bonds is 5. The molecule has 3 nitrogen and oxygen atoms in total. The Bertz CT molecular complexity index is 989. The molecule has 2 aliphatic carbocycles. The third-order valence-electron chi connectivity index (χ3n) is 5.84. The van der Waals surface area contributed by atoms with Crippen LogP contribution in [0.2, 0.25) is 0 Å². The molecule has 1 aliphatic heterocycles. The number of aryl methyl sites for hydroxylation is 1. The topological polar surface area (TPSA) is 27.7 Å². The van der Waals surface area contributed by atoms with Crippen LogP contribution in [0.25, 0.3) is 6.08 Å². The zero-order chi connectivity index (χ0) is 25.0. The van der Waals surface area contributed by atoms with E-state index in [0.717, 1.165) is 34.9 Å². The Kier molecular flexibility index (Phi) is 13.0. The Hall–Kier alpha value is -1.86. The van der Waals surface area contributed by atoms with Crippen molar-refractivity contribution >= 4 is 6.08 Å². The summed E-state index contributed by atoms with van der Waals surface area (Å²) < 4.78 is 17.1. The second-order valence-corrected chi connectivity index (χ2v) is 8.67. The minimum absolute atomic E-state index is 0. The summed E-state index contributed by atoms with van der Waals surface area (Å²) in [4.78, 5) is 0. The van der Waals surface area contributed by atoms with Crippen molar-refractivity contribution in [2.24, 2.45) is 0 Å². The van der Waals surface area contributed by atoms with E-state index in [1.54, 1.807) is 7.11 Å². The molecule has 1 saturated heterocycles. The Morgan fingerprint density at radius 1 is 0.838 bits per heavy atom. The van der Waals surface area contributed by atoms with Crippen LogP contribution in [-0.2, 0) is 31.3 Å². The van der Waals surface area contributed by atoms with Gasteiger partial charge in [-0.15, -0.1) is 0 Å². The largest absolute Gasteiger partial charge is 2.00 e. The fourth-order valence-corrected chi connectivity index (χ4v) is 3.84. The van der Waals surface area contributed by atoms with Gasteiger partial charge in [-0.3, -0.25) is 0 Å². The number of ether oxygens (including phenoxy) is 3. The second-order valence-electron chi connectivity index (χ2n) is 8.67. The van der Waals surface area contributed by atoms with Gasteiger partial charge in [0.25, 0.3) is 0 Å². The average Bonchev–Trinajstić information content (AvgIpc) is 3.64. The predicted molar refractivity (Wildman–Crippen MR) is 145 cm³/mol. The van der Waals surface area contributed by atoms with E-state index in [-0.39, 0.29) is 29.5 Å². The number of hydrogen-bond donors (Lipinski definition) is 0. The molecule has 4 heteroatoms. The molecular weight excluding hydrogens is 500 g/mol. The van der Waals surface area contributed by atoms with E-state index in [1.165, 1.54) is 5.56 Å². The molecule has 2 atom stereocenters. The van der Waals surface area contributed by atoms with E-state index in [1.807, 2.05) is 50.7 Å². The summed E-state index contributed by atoms with van der Waals surface area (Å²) in [5.74, 6) is 8.60. The van der Waals surface area contributed by atoms with Gasteiger partial charge in [-0.2, -0.15) is 0 Å². The molecule has 0 unspecified atom stereocenters. The standard InChI is InChI=1S/C28H27O3.C5H5.Fe/c1-21-6-8-22(9-7-21)10-11-23-12-14-24(15-13-23)16-17-25-4-3-5-27(25)28-30-19-18-26(31-28)20-29-2;1-2-4-5-3-1;/h3-9,12-17,26,28H,18-20H2,1-2H3;1-5H;/q;;+2/b17-16+;;/t26-,28-;;/m0../s1. The molecule has 37 heavy (non-hydrogen) atoms. The molecule has 3 fully saturated rings. The van der Waals surface area contributed by atoms with Gasteiger partial charge in [0.2, 0.25) is 0 Å². The van der Waals surface area contributed by atoms with Gasteiger partial charge in [-0.25, -0.2) is 0 Å². The van der Waals surface area contributed by atoms with Gasteiger partial charge in [0.15, 0.2) is 6.29 Å². The van der Waals surface area contributed by atoms with Gasteiger partial charge in [0, 0.05) is 30.1 Å². The molecule has 0 bridgehead atoms. The summed E-state index contributed by atoms with van der Waals surface area (Å²) in [7, 11) is 1.70. The zero-order valence-corrected chi connectivity index (χ0v) is 22.4. The van der Waals surface area contributed by atoms with Crippen LogP contribution in [-0.4, -0.2) is 32.7 Å². The molecule has 2 aromatic carbocycles. The molecule has 188 valence electrons. The molecule has 2 saturated carbocycles. The maximum absolute atomic E-state index is 6.05. The summed E-state index contributed by atoms with van der Waals surface area (Å²) in [5, 5.41) is 0. The number of allylic oxidation sites excluding steroid dienone is 1. The van der Waals surface area contributed by atoms with Crippen molar-refractivity contribution in [3.63, 3.8) is 0 Å². The van der Waals surface area contributed by atoms with Crippen molar-refractivity contribution in [3.05, 3.63) is 140 Å². The molecule has 0 aromatic heterocycles. The van der Waals surface area contributed by atoms with E-state index in [4.69, 9.17) is 14.2 Å². The molecule has 0 amide bonds. The summed E-state index contributed by atoms with van der Waals surface area (Å²) in [6.45, 7) is 3.35. The van der Waals surface area contributed by atoms with Crippen molar-refractivity contribution in [1.29, 1.82) is 0 Å². The Morgan fingerprint density at radius 2 is 1.46 bits per heavy atom. The maximum Gasteiger partial charge on any atom is 2.00 e. The minimum atomic E-state index is -0.344. The van der Waals surface area contributed by atoms with Crippen LogP contribution in [0.5, 0.6) is 0 Å². The zero-order valence-electron chi connectivity index (χ0n) is 21.2. The SMILES string of the molecule is COC[C@@H]1CCO[C@H]([C]2[CH][CH][CH][C]2/C=C/c2ccc(C#Cc3ccc(C)cc3)cc2)O1.[CH]1[CH][CH][CH][CH]1.[Fe+2]. The quantitative estimate of drug-likeness (QED) is 0.350. The second kappa shape index (κ2) is 16.2. The number of hydrogen-bond acceptors (Lipinski definition) is 3. The molecule has 5 rings (SSSR count). The van der Waals surface area contributed by atoms with Crippen molar-refractivity contribution in [1.82, 2.24) is 0 Å². The first-order chi connectivity index (χ1) is 17.7. The maximum atomic E-state index is 6.05. The van der Waals surface area contributed by atoms with Crippen molar-refractivity contribution < 1.29 is 31.3 Å². The van der Waals surface area contributed by atoms with Crippen molar-refractivity contribution in [2.75, 3.05) is 20.3 Å². The first kappa shape index (κ1) is 29.7. The Balaban J connectivity index is 0.000000568. The van der Waals surface area contributed by atoms with Crippen LogP contribution < -0.4 is 0 Å². The van der Waals surface area contributed by atoms with E-state index in [2.05, 4.69) is 80.2 Å². The molecule has 0 spiro atoms. The third kappa shape index (κ3) is 9.75. The van der Waals surface area contributed by atoms with Gasteiger partial charge in [-0.05, 0) is 94.5 Å². The number of benzene rings is 2. The van der Waals surface area contributed by atoms with E-state index in [0.29, 0.717) is 13.2 Å². The van der Waals surface area contributed by atoms with E-state index < -0.39 is 0 Å². The number of methoxy groups -OCH3 is 1. The summed E-state index contributed by atoms with van der Waals surface area (Å²) in [5.41, 5.74) is 4.39. The first-order valence-electron chi connectivity index (χ1n) is 12.3. The van der Waals surface area contributed by atoms with Gasteiger partial charge in [-0.1, -0.05) is 53.8 Å². The average molecular weight is 532 g/mol. The molecule has 3 aliphatic rings. The molecular formula is C33H32FeO3+2. The van der Waals surface area contributed by atoms with Gasteiger partial charge in [0.1, 0.15) is 0 Å². The summed E-state index contributed by atoms with van der Waals surface area (Å²) >= 11 is 0. The molecule has 0 N–H and O–H groups in total. The molecule has 1 heterocycles. The minimum Gasteiger partial charge on any atom is -0.382 e. The van der Waals surface area contributed by atoms with Crippen LogP contribution in [0.4, 0.5) is 0 Å². The normalized spacial score (nSPS) is 22.1. The molecule has 10 radical (unpaired) electrons. The van der Waals surface area contributed by atoms with Crippen LogP contribution in [0, 0.1) is 82.0 Å². The Morgan fingerprint density at radius 3 is 2.08 bits per heavy atom. The van der Waals surface area contributed by atoms with Crippen LogP contribution >= 0.6 is 0 Å². The summed E-state index contributed by atoms with van der Waals surface area (Å²) in [6, 6.07) is 16.5. The Labute approximate surface area is 234 Å². The third-order valence-corrected chi connectivity index (χ3v) is 5.84. The van der Waals surface area contributed by atoms with Gasteiger partial charge < -0.3 is 14.2 Å². The predicted octanol–water partition coefficient (Wildman–Crippen LogP) is 5.98. The smallest absolute Gasteiger partial charge is 0.382 e. The molecule has 2 aromatic rings. The van der Waals surface area contributed by atoms with Crippen molar-refractivity contribution in [3.8, 4) is 11.8 Å². The van der Waals surface area contributed by atoms with Gasteiger partial charge >= 0.3 is 17.1 Å². The van der Waals surface area contributed by atoms with Crippen LogP contribution in [0.15, 0.2) is 54.6 Å².